The molecule has 0 nitrogen and oxygen atoms in total. The van der Waals surface area contributed by atoms with Crippen LogP contribution >= 0.6 is 0 Å². The lowest BCUT2D eigenvalue weighted by Gasteiger charge is -2.06. The average molecular weight is 226 g/mol. The number of hydrogen-bond acceptors (Lipinski definition) is 0. The Hall–Kier alpha value is -1.56. The van der Waals surface area contributed by atoms with E-state index >= 15 is 0 Å². The fourth-order valence-electron chi connectivity index (χ4n) is 1.71. The Bertz CT molecular complexity index is 411. The third-order valence-corrected chi connectivity index (χ3v) is 2.93. The molecular formula is C17H22. The molecule has 0 fully saturated rings. The number of hydrogen-bond donors (Lipinski definition) is 0. The van der Waals surface area contributed by atoms with E-state index in [1.165, 1.54) is 23.1 Å². The standard InChI is InChI=1S/C17H22/c1-5-6-10-14(2)16(4)13-17-12-9-7-8-11-15(17)3/h5-6,9-10,12-13H,3-4,7-8,11H2,1-2H3/b6-5-,14-10-,17-13-. The molecule has 17 heavy (non-hydrogen) atoms. The van der Waals surface area contributed by atoms with Crippen molar-refractivity contribution in [3.05, 3.63) is 71.9 Å². The molecule has 0 saturated carbocycles. The van der Waals surface area contributed by atoms with Gasteiger partial charge in [0.1, 0.15) is 0 Å². The van der Waals surface area contributed by atoms with Crippen molar-refractivity contribution in [2.75, 3.05) is 0 Å². The van der Waals surface area contributed by atoms with Crippen molar-refractivity contribution in [3.8, 4) is 0 Å². The fraction of sp³-hybridized carbons (Fsp3) is 0.294. The normalized spacial score (nSPS) is 20.0. The lowest BCUT2D eigenvalue weighted by Crippen LogP contribution is -1.86. The van der Waals surface area contributed by atoms with Crippen molar-refractivity contribution >= 4 is 0 Å². The van der Waals surface area contributed by atoms with Gasteiger partial charge in [0.15, 0.2) is 0 Å². The van der Waals surface area contributed by atoms with Crippen LogP contribution in [0.2, 0.25) is 0 Å². The van der Waals surface area contributed by atoms with Gasteiger partial charge in [0, 0.05) is 0 Å². The molecule has 0 radical (unpaired) electrons. The van der Waals surface area contributed by atoms with Gasteiger partial charge >= 0.3 is 0 Å². The van der Waals surface area contributed by atoms with Crippen molar-refractivity contribution in [1.82, 2.24) is 0 Å². The van der Waals surface area contributed by atoms with Gasteiger partial charge in [0.25, 0.3) is 0 Å². The van der Waals surface area contributed by atoms with E-state index in [0.717, 1.165) is 18.4 Å². The summed E-state index contributed by atoms with van der Waals surface area (Å²) in [5.74, 6) is 0. The number of rotatable bonds is 3. The molecule has 0 amide bonds. The highest BCUT2D eigenvalue weighted by Crippen LogP contribution is 2.23. The zero-order valence-electron chi connectivity index (χ0n) is 11.0. The van der Waals surface area contributed by atoms with Crippen LogP contribution in [0.1, 0.15) is 33.1 Å². The summed E-state index contributed by atoms with van der Waals surface area (Å²) in [7, 11) is 0. The molecule has 1 aliphatic carbocycles. The summed E-state index contributed by atoms with van der Waals surface area (Å²) in [6.45, 7) is 12.3. The van der Waals surface area contributed by atoms with E-state index in [1.54, 1.807) is 0 Å². The maximum absolute atomic E-state index is 4.14. The Labute approximate surface area is 105 Å². The summed E-state index contributed by atoms with van der Waals surface area (Å²) in [4.78, 5) is 0. The van der Waals surface area contributed by atoms with Crippen LogP contribution in [0.5, 0.6) is 0 Å². The second-order valence-electron chi connectivity index (χ2n) is 4.40. The Kier molecular flexibility index (Phi) is 5.48. The third-order valence-electron chi connectivity index (χ3n) is 2.93. The summed E-state index contributed by atoms with van der Waals surface area (Å²) >= 11 is 0. The second-order valence-corrected chi connectivity index (χ2v) is 4.40. The molecule has 0 N–H and O–H groups in total. The number of allylic oxidation sites excluding steroid dienone is 10. The Morgan fingerprint density at radius 3 is 2.88 bits per heavy atom. The van der Waals surface area contributed by atoms with Gasteiger partial charge in [-0.25, -0.2) is 0 Å². The van der Waals surface area contributed by atoms with Gasteiger partial charge in [0.05, 0.1) is 0 Å². The summed E-state index contributed by atoms with van der Waals surface area (Å²) in [6.07, 6.45) is 16.1. The molecule has 1 rings (SSSR count). The predicted octanol–water partition coefficient (Wildman–Crippen LogP) is 5.29. The maximum atomic E-state index is 4.14. The van der Waals surface area contributed by atoms with E-state index in [-0.39, 0.29) is 0 Å². The first kappa shape index (κ1) is 13.5. The Morgan fingerprint density at radius 1 is 1.41 bits per heavy atom. The van der Waals surface area contributed by atoms with Crippen LogP contribution in [0, 0.1) is 0 Å². The minimum absolute atomic E-state index is 1.06. The molecule has 0 atom stereocenters. The summed E-state index contributed by atoms with van der Waals surface area (Å²) in [5.41, 5.74) is 4.70. The minimum atomic E-state index is 1.06. The van der Waals surface area contributed by atoms with Crippen LogP contribution in [0.4, 0.5) is 0 Å². The lowest BCUT2D eigenvalue weighted by atomic mass is 9.99. The molecule has 0 aliphatic heterocycles. The highest BCUT2D eigenvalue weighted by atomic mass is 14.1. The predicted molar refractivity (Wildman–Crippen MR) is 77.9 cm³/mol. The highest BCUT2D eigenvalue weighted by Gasteiger charge is 2.04. The zero-order valence-corrected chi connectivity index (χ0v) is 11.0. The summed E-state index contributed by atoms with van der Waals surface area (Å²) in [6, 6.07) is 0. The first-order valence-electron chi connectivity index (χ1n) is 6.20. The molecule has 0 heterocycles. The van der Waals surface area contributed by atoms with Gasteiger partial charge in [-0.3, -0.25) is 0 Å². The van der Waals surface area contributed by atoms with Crippen molar-refractivity contribution in [3.63, 3.8) is 0 Å². The van der Waals surface area contributed by atoms with Gasteiger partial charge < -0.3 is 0 Å². The van der Waals surface area contributed by atoms with E-state index in [4.69, 9.17) is 0 Å². The first-order chi connectivity index (χ1) is 8.15. The lowest BCUT2D eigenvalue weighted by molar-refractivity contribution is 0.856. The van der Waals surface area contributed by atoms with Gasteiger partial charge in [-0.2, -0.15) is 0 Å². The van der Waals surface area contributed by atoms with Gasteiger partial charge in [0.2, 0.25) is 0 Å². The van der Waals surface area contributed by atoms with Crippen molar-refractivity contribution in [2.24, 2.45) is 0 Å². The van der Waals surface area contributed by atoms with Crippen molar-refractivity contribution in [1.29, 1.82) is 0 Å². The molecule has 1 aliphatic rings. The quantitative estimate of drug-likeness (QED) is 0.574. The van der Waals surface area contributed by atoms with Crippen molar-refractivity contribution < 1.29 is 0 Å². The molecule has 0 saturated heterocycles. The van der Waals surface area contributed by atoms with Crippen LogP contribution in [0.3, 0.4) is 0 Å². The smallest absolute Gasteiger partial charge is 0.0228 e. The molecule has 0 aromatic rings. The minimum Gasteiger partial charge on any atom is -0.0952 e. The Morgan fingerprint density at radius 2 is 2.18 bits per heavy atom. The molecule has 0 aromatic heterocycles. The van der Waals surface area contributed by atoms with E-state index in [1.807, 2.05) is 19.1 Å². The van der Waals surface area contributed by atoms with Crippen LogP contribution in [-0.2, 0) is 0 Å². The molecule has 0 bridgehead atoms. The van der Waals surface area contributed by atoms with E-state index < -0.39 is 0 Å². The van der Waals surface area contributed by atoms with E-state index in [0.29, 0.717) is 0 Å². The van der Waals surface area contributed by atoms with Gasteiger partial charge in [-0.05, 0) is 61.5 Å². The third kappa shape index (κ3) is 4.44. The fourth-order valence-corrected chi connectivity index (χ4v) is 1.71. The molecule has 90 valence electrons. The molecule has 0 heteroatoms. The van der Waals surface area contributed by atoms with Crippen LogP contribution in [0.15, 0.2) is 71.9 Å². The summed E-state index contributed by atoms with van der Waals surface area (Å²) < 4.78 is 0. The van der Waals surface area contributed by atoms with E-state index in [9.17, 15) is 0 Å². The van der Waals surface area contributed by atoms with Gasteiger partial charge in [-0.15, -0.1) is 0 Å². The van der Waals surface area contributed by atoms with Gasteiger partial charge in [-0.1, -0.05) is 43.5 Å². The summed E-state index contributed by atoms with van der Waals surface area (Å²) in [5, 5.41) is 0. The monoisotopic (exact) mass is 226 g/mol. The Balaban J connectivity index is 2.86. The van der Waals surface area contributed by atoms with E-state index in [2.05, 4.69) is 44.4 Å². The van der Waals surface area contributed by atoms with Crippen LogP contribution in [0.25, 0.3) is 0 Å². The largest absolute Gasteiger partial charge is 0.0952 e. The van der Waals surface area contributed by atoms with Crippen LogP contribution < -0.4 is 0 Å². The van der Waals surface area contributed by atoms with Crippen LogP contribution in [-0.4, -0.2) is 0 Å². The molecule has 0 unspecified atom stereocenters. The first-order valence-corrected chi connectivity index (χ1v) is 6.20. The topological polar surface area (TPSA) is 0 Å². The second kappa shape index (κ2) is 6.90. The highest BCUT2D eigenvalue weighted by molar-refractivity contribution is 5.48. The SMILES string of the molecule is C=C(/C=C1/C=CCCCC1=C)/C(C)=C\C=C/C. The maximum Gasteiger partial charge on any atom is -0.0228 e. The molecular weight excluding hydrogens is 204 g/mol. The zero-order chi connectivity index (χ0) is 12.7. The molecule has 0 spiro atoms. The molecule has 0 aromatic carbocycles. The van der Waals surface area contributed by atoms with Crippen molar-refractivity contribution in [2.45, 2.75) is 33.1 Å². The average Bonchev–Trinajstić information content (AvgIpc) is 2.52.